The summed E-state index contributed by atoms with van der Waals surface area (Å²) in [5.41, 5.74) is 0.647. The van der Waals surface area contributed by atoms with Crippen molar-refractivity contribution < 1.29 is 17.7 Å². The Hall–Kier alpha value is -1.57. The molecule has 2 heterocycles. The molecule has 1 fully saturated rings. The van der Waals surface area contributed by atoms with Crippen LogP contribution in [0.5, 0.6) is 0 Å². The number of aromatic nitrogens is 1. The molecule has 1 unspecified atom stereocenters. The summed E-state index contributed by atoms with van der Waals surface area (Å²) in [5.74, 6) is 0.670. The first-order chi connectivity index (χ1) is 10.1. The number of hydrogen-bond donors (Lipinski definition) is 1. The molecule has 0 bridgehead atoms. The van der Waals surface area contributed by atoms with E-state index in [9.17, 15) is 13.2 Å². The van der Waals surface area contributed by atoms with Crippen LogP contribution in [0.25, 0.3) is 0 Å². The number of hydrogen-bond acceptors (Lipinski definition) is 5. The third-order valence-corrected chi connectivity index (χ3v) is 6.78. The van der Waals surface area contributed by atoms with Gasteiger partial charge in [-0.15, -0.1) is 0 Å². The third-order valence-electron chi connectivity index (χ3n) is 4.17. The van der Waals surface area contributed by atoms with Gasteiger partial charge in [-0.2, -0.15) is 0 Å². The Balaban J connectivity index is 2.01. The number of urea groups is 1. The van der Waals surface area contributed by atoms with Crippen LogP contribution in [0.1, 0.15) is 44.7 Å². The fourth-order valence-corrected chi connectivity index (χ4v) is 3.74. The second-order valence-corrected chi connectivity index (χ2v) is 9.09. The Morgan fingerprint density at radius 2 is 2.14 bits per heavy atom. The van der Waals surface area contributed by atoms with E-state index >= 15 is 0 Å². The van der Waals surface area contributed by atoms with Gasteiger partial charge in [0.1, 0.15) is 11.5 Å². The van der Waals surface area contributed by atoms with Gasteiger partial charge in [-0.25, -0.2) is 13.2 Å². The summed E-state index contributed by atoms with van der Waals surface area (Å²) in [6, 6.07) is 1.19. The van der Waals surface area contributed by atoms with Crippen LogP contribution in [0, 0.1) is 6.92 Å². The zero-order valence-electron chi connectivity index (χ0n) is 13.4. The van der Waals surface area contributed by atoms with Gasteiger partial charge in [0.2, 0.25) is 0 Å². The Morgan fingerprint density at radius 3 is 2.73 bits per heavy atom. The van der Waals surface area contributed by atoms with Crippen molar-refractivity contribution in [1.82, 2.24) is 15.4 Å². The molecule has 8 heteroatoms. The monoisotopic (exact) mass is 329 g/mol. The molecule has 1 aromatic rings. The summed E-state index contributed by atoms with van der Waals surface area (Å²) in [5, 5.41) is 6.71. The minimum absolute atomic E-state index is 0.00906. The normalized spacial score (nSPS) is 21.9. The average Bonchev–Trinajstić information content (AvgIpc) is 2.80. The van der Waals surface area contributed by atoms with Crippen LogP contribution in [0.2, 0.25) is 0 Å². The molecule has 1 aliphatic rings. The summed E-state index contributed by atoms with van der Waals surface area (Å²) in [6.45, 7) is 7.65. The maximum atomic E-state index is 12.3. The van der Waals surface area contributed by atoms with Crippen molar-refractivity contribution in [3.63, 3.8) is 0 Å². The Morgan fingerprint density at radius 1 is 1.45 bits per heavy atom. The van der Waals surface area contributed by atoms with Crippen LogP contribution in [0.4, 0.5) is 4.79 Å². The molecule has 1 aromatic heterocycles. The predicted molar refractivity (Wildman–Crippen MR) is 82.2 cm³/mol. The van der Waals surface area contributed by atoms with Gasteiger partial charge in [0.05, 0.1) is 16.5 Å². The number of aryl methyl sites for hydroxylation is 1. The number of carbonyl (C=O) groups excluding carboxylic acids is 1. The molecule has 1 aliphatic heterocycles. The van der Waals surface area contributed by atoms with E-state index in [0.717, 1.165) is 0 Å². The number of sulfone groups is 1. The lowest BCUT2D eigenvalue weighted by molar-refractivity contribution is 0.196. The molecule has 2 rings (SSSR count). The molecule has 1 N–H and O–H groups in total. The highest BCUT2D eigenvalue weighted by Gasteiger charge is 2.38. The average molecular weight is 329 g/mol. The molecule has 0 spiro atoms. The highest BCUT2D eigenvalue weighted by atomic mass is 32.2. The van der Waals surface area contributed by atoms with Crippen LogP contribution in [-0.4, -0.2) is 48.1 Å². The molecular formula is C14H23N3O4S. The molecule has 1 saturated heterocycles. The first-order valence-electron chi connectivity index (χ1n) is 7.33. The first-order valence-corrected chi connectivity index (χ1v) is 8.98. The van der Waals surface area contributed by atoms with E-state index in [1.165, 1.54) is 0 Å². The van der Waals surface area contributed by atoms with E-state index in [0.29, 0.717) is 24.4 Å². The van der Waals surface area contributed by atoms with Crippen LogP contribution in [0.3, 0.4) is 0 Å². The van der Waals surface area contributed by atoms with Crippen molar-refractivity contribution in [2.75, 3.05) is 18.8 Å². The van der Waals surface area contributed by atoms with Crippen LogP contribution in [-0.2, 0) is 9.84 Å². The van der Waals surface area contributed by atoms with Crippen molar-refractivity contribution in [2.45, 2.75) is 44.9 Å². The molecule has 0 aromatic carbocycles. The predicted octanol–water partition coefficient (Wildman–Crippen LogP) is 1.65. The Bertz CT molecular complexity index is 651. The van der Waals surface area contributed by atoms with E-state index in [1.807, 2.05) is 6.92 Å². The highest BCUT2D eigenvalue weighted by Crippen LogP contribution is 2.25. The lowest BCUT2D eigenvalue weighted by Gasteiger charge is -2.24. The van der Waals surface area contributed by atoms with Crippen LogP contribution >= 0.6 is 0 Å². The summed E-state index contributed by atoms with van der Waals surface area (Å²) >= 11 is 0. The molecule has 2 amide bonds. The topological polar surface area (TPSA) is 92.5 Å². The van der Waals surface area contributed by atoms with E-state index in [4.69, 9.17) is 4.52 Å². The zero-order valence-corrected chi connectivity index (χ0v) is 14.2. The lowest BCUT2D eigenvalue weighted by atomic mass is 10.1. The summed E-state index contributed by atoms with van der Waals surface area (Å²) in [4.78, 5) is 13.9. The first kappa shape index (κ1) is 16.8. The summed E-state index contributed by atoms with van der Waals surface area (Å²) in [7, 11) is -3.19. The van der Waals surface area contributed by atoms with Crippen molar-refractivity contribution in [2.24, 2.45) is 0 Å². The number of rotatable bonds is 2. The van der Waals surface area contributed by atoms with Crippen molar-refractivity contribution >= 4 is 15.9 Å². The van der Waals surface area contributed by atoms with Gasteiger partial charge in [-0.3, -0.25) is 0 Å². The fourth-order valence-electron chi connectivity index (χ4n) is 2.32. The second kappa shape index (κ2) is 5.91. The highest BCUT2D eigenvalue weighted by molar-refractivity contribution is 7.92. The minimum Gasteiger partial charge on any atom is -0.361 e. The molecule has 7 nitrogen and oxygen atoms in total. The molecule has 0 saturated carbocycles. The van der Waals surface area contributed by atoms with Crippen molar-refractivity contribution in [3.05, 3.63) is 17.5 Å². The van der Waals surface area contributed by atoms with E-state index in [-0.39, 0.29) is 24.4 Å². The molecular weight excluding hydrogens is 306 g/mol. The van der Waals surface area contributed by atoms with Gasteiger partial charge in [0.25, 0.3) is 0 Å². The van der Waals surface area contributed by atoms with Crippen molar-refractivity contribution in [1.29, 1.82) is 0 Å². The fraction of sp³-hybridized carbons (Fsp3) is 0.714. The van der Waals surface area contributed by atoms with Gasteiger partial charge >= 0.3 is 6.03 Å². The third kappa shape index (κ3) is 3.43. The second-order valence-electron chi connectivity index (χ2n) is 6.35. The van der Waals surface area contributed by atoms with Crippen LogP contribution < -0.4 is 5.32 Å². The van der Waals surface area contributed by atoms with E-state index in [2.05, 4.69) is 10.5 Å². The Labute approximate surface area is 131 Å². The maximum Gasteiger partial charge on any atom is 0.317 e. The minimum atomic E-state index is -3.19. The largest absolute Gasteiger partial charge is 0.361 e. The molecule has 22 heavy (non-hydrogen) atoms. The number of nitrogens with zero attached hydrogens (tertiary/aromatic N) is 2. The summed E-state index contributed by atoms with van der Waals surface area (Å²) < 4.78 is 28.5. The Kier molecular flexibility index (Phi) is 4.51. The van der Waals surface area contributed by atoms with E-state index in [1.54, 1.807) is 31.7 Å². The van der Waals surface area contributed by atoms with Gasteiger partial charge in [-0.1, -0.05) is 5.16 Å². The van der Waals surface area contributed by atoms with Gasteiger partial charge < -0.3 is 14.7 Å². The van der Waals surface area contributed by atoms with Crippen LogP contribution in [0.15, 0.2) is 10.6 Å². The van der Waals surface area contributed by atoms with Gasteiger partial charge in [0, 0.05) is 19.2 Å². The molecule has 124 valence electrons. The molecule has 0 aliphatic carbocycles. The number of nitrogens with one attached hydrogen (secondary N) is 1. The zero-order chi connectivity index (χ0) is 16.5. The van der Waals surface area contributed by atoms with Gasteiger partial charge in [-0.05, 0) is 34.1 Å². The van der Waals surface area contributed by atoms with E-state index < -0.39 is 14.6 Å². The SMILES string of the molecule is Cc1cc(C(C)NC(=O)N2CCC(C)(C)S(=O)(=O)CC2)no1. The summed E-state index contributed by atoms with van der Waals surface area (Å²) in [6.07, 6.45) is 0.431. The molecule has 1 atom stereocenters. The molecule has 0 radical (unpaired) electrons. The lowest BCUT2D eigenvalue weighted by Crippen LogP contribution is -2.42. The number of amides is 2. The standard InChI is InChI=1S/C14H23N3O4S/c1-10-9-12(16-21-10)11(2)15-13(18)17-6-5-14(3,4)22(19,20)8-7-17/h9,11H,5-8H2,1-4H3,(H,15,18). The maximum absolute atomic E-state index is 12.3. The smallest absolute Gasteiger partial charge is 0.317 e. The quantitative estimate of drug-likeness (QED) is 0.890. The number of carbonyl (C=O) groups is 1. The van der Waals surface area contributed by atoms with Crippen molar-refractivity contribution in [3.8, 4) is 0 Å². The van der Waals surface area contributed by atoms with Gasteiger partial charge in [0.15, 0.2) is 9.84 Å².